The Balaban J connectivity index is 1.70. The van der Waals surface area contributed by atoms with Crippen molar-refractivity contribution in [2.24, 2.45) is 0 Å². The number of hydrogen-bond donors (Lipinski definition) is 0. The van der Waals surface area contributed by atoms with Crippen LogP contribution in [0.4, 0.5) is 0 Å². The molecule has 0 radical (unpaired) electrons. The molecule has 29 heavy (non-hydrogen) atoms. The fourth-order valence-corrected chi connectivity index (χ4v) is 4.43. The monoisotopic (exact) mass is 403 g/mol. The zero-order valence-electron chi connectivity index (χ0n) is 16.4. The number of rotatable bonds is 5. The minimum atomic E-state index is 0.0256. The summed E-state index contributed by atoms with van der Waals surface area (Å²) >= 11 is 1.33. The predicted octanol–water partition coefficient (Wildman–Crippen LogP) is 4.48. The lowest BCUT2D eigenvalue weighted by Gasteiger charge is -2.27. The van der Waals surface area contributed by atoms with E-state index in [-0.39, 0.29) is 11.5 Å². The SMILES string of the molecule is Cc1ccc(C(=O)CSc2nc3c(c(-c4ccco4)c2C#N)CN(C)CC3)cc1. The van der Waals surface area contributed by atoms with E-state index in [1.807, 2.05) is 43.3 Å². The van der Waals surface area contributed by atoms with Crippen LogP contribution in [0.25, 0.3) is 11.3 Å². The standard InChI is InChI=1S/C23H21N3O2S/c1-15-5-7-16(8-6-15)20(27)14-29-23-17(12-24)22(21-4-3-11-28-21)18-13-26(2)10-9-19(18)25-23/h3-8,11H,9-10,13-14H2,1-2H3. The van der Waals surface area contributed by atoms with E-state index in [2.05, 4.69) is 18.0 Å². The van der Waals surface area contributed by atoms with Crippen LogP contribution in [-0.2, 0) is 13.0 Å². The van der Waals surface area contributed by atoms with Crippen molar-refractivity contribution in [3.63, 3.8) is 0 Å². The number of aryl methyl sites for hydroxylation is 1. The van der Waals surface area contributed by atoms with Gasteiger partial charge in [-0.15, -0.1) is 0 Å². The zero-order chi connectivity index (χ0) is 20.4. The highest BCUT2D eigenvalue weighted by molar-refractivity contribution is 8.00. The molecule has 0 fully saturated rings. The van der Waals surface area contributed by atoms with E-state index in [0.717, 1.165) is 41.9 Å². The molecule has 0 unspecified atom stereocenters. The van der Waals surface area contributed by atoms with Crippen LogP contribution in [-0.4, -0.2) is 35.0 Å². The number of carbonyl (C=O) groups is 1. The molecule has 1 aliphatic heterocycles. The lowest BCUT2D eigenvalue weighted by atomic mass is 9.95. The third-order valence-electron chi connectivity index (χ3n) is 5.10. The lowest BCUT2D eigenvalue weighted by molar-refractivity contribution is 0.102. The van der Waals surface area contributed by atoms with Gasteiger partial charge in [0.2, 0.25) is 0 Å². The molecular weight excluding hydrogens is 382 g/mol. The van der Waals surface area contributed by atoms with Crippen molar-refractivity contribution in [1.82, 2.24) is 9.88 Å². The maximum atomic E-state index is 12.6. The third-order valence-corrected chi connectivity index (χ3v) is 6.08. The molecular formula is C23H21N3O2S. The van der Waals surface area contributed by atoms with E-state index in [1.165, 1.54) is 11.8 Å². The number of furan rings is 1. The topological polar surface area (TPSA) is 70.1 Å². The molecule has 146 valence electrons. The van der Waals surface area contributed by atoms with Gasteiger partial charge in [0, 0.05) is 41.9 Å². The van der Waals surface area contributed by atoms with Crippen LogP contribution in [0.1, 0.15) is 32.7 Å². The Morgan fingerprint density at radius 3 is 2.79 bits per heavy atom. The fraction of sp³-hybridized carbons (Fsp3) is 0.261. The highest BCUT2D eigenvalue weighted by Crippen LogP contribution is 2.37. The normalized spacial score (nSPS) is 13.7. The Labute approximate surface area is 174 Å². The summed E-state index contributed by atoms with van der Waals surface area (Å²) in [7, 11) is 2.06. The molecule has 0 bridgehead atoms. The van der Waals surface area contributed by atoms with Crippen LogP contribution in [0.15, 0.2) is 52.1 Å². The van der Waals surface area contributed by atoms with Crippen molar-refractivity contribution < 1.29 is 9.21 Å². The molecule has 0 saturated carbocycles. The van der Waals surface area contributed by atoms with Crippen LogP contribution >= 0.6 is 11.8 Å². The first-order chi connectivity index (χ1) is 14.1. The van der Waals surface area contributed by atoms with E-state index in [9.17, 15) is 10.1 Å². The summed E-state index contributed by atoms with van der Waals surface area (Å²) in [5, 5.41) is 10.5. The second kappa shape index (κ2) is 8.24. The maximum Gasteiger partial charge on any atom is 0.173 e. The van der Waals surface area contributed by atoms with Crippen molar-refractivity contribution >= 4 is 17.5 Å². The number of nitrogens with zero attached hydrogens (tertiary/aromatic N) is 3. The summed E-state index contributed by atoms with van der Waals surface area (Å²) in [6.07, 6.45) is 2.42. The molecule has 4 rings (SSSR count). The molecule has 0 saturated heterocycles. The first kappa shape index (κ1) is 19.4. The minimum absolute atomic E-state index is 0.0256. The van der Waals surface area contributed by atoms with E-state index < -0.39 is 0 Å². The Morgan fingerprint density at radius 2 is 2.10 bits per heavy atom. The number of fused-ring (bicyclic) bond motifs is 1. The number of benzene rings is 1. The van der Waals surface area contributed by atoms with Gasteiger partial charge in [0.25, 0.3) is 0 Å². The number of carbonyl (C=O) groups excluding carboxylic acids is 1. The largest absolute Gasteiger partial charge is 0.464 e. The van der Waals surface area contributed by atoms with Gasteiger partial charge >= 0.3 is 0 Å². The summed E-state index contributed by atoms with van der Waals surface area (Å²) in [5.41, 5.74) is 5.10. The van der Waals surface area contributed by atoms with Gasteiger partial charge in [-0.05, 0) is 26.1 Å². The van der Waals surface area contributed by atoms with Crippen LogP contribution < -0.4 is 0 Å². The van der Waals surface area contributed by atoms with Crippen molar-refractivity contribution in [3.05, 3.63) is 70.6 Å². The predicted molar refractivity (Wildman–Crippen MR) is 113 cm³/mol. The van der Waals surface area contributed by atoms with Crippen molar-refractivity contribution in [3.8, 4) is 17.4 Å². The first-order valence-corrected chi connectivity index (χ1v) is 10.5. The second-order valence-electron chi connectivity index (χ2n) is 7.25. The molecule has 5 nitrogen and oxygen atoms in total. The molecule has 3 aromatic rings. The summed E-state index contributed by atoms with van der Waals surface area (Å²) in [6.45, 7) is 3.63. The summed E-state index contributed by atoms with van der Waals surface area (Å²) < 4.78 is 5.65. The number of thioether (sulfide) groups is 1. The number of likely N-dealkylation sites (N-methyl/N-ethyl adjacent to an activating group) is 1. The average molecular weight is 404 g/mol. The number of pyridine rings is 1. The Morgan fingerprint density at radius 1 is 1.31 bits per heavy atom. The molecule has 1 aliphatic rings. The first-order valence-electron chi connectivity index (χ1n) is 9.47. The molecule has 0 spiro atoms. The molecule has 0 amide bonds. The molecule has 0 atom stereocenters. The van der Waals surface area contributed by atoms with Crippen LogP contribution in [0.2, 0.25) is 0 Å². The van der Waals surface area contributed by atoms with Gasteiger partial charge in [0.15, 0.2) is 5.78 Å². The Bertz CT molecular complexity index is 1080. The maximum absolute atomic E-state index is 12.6. The smallest absolute Gasteiger partial charge is 0.173 e. The number of Topliss-reactive ketones (excluding diaryl/α,β-unsaturated/α-hetero) is 1. The van der Waals surface area contributed by atoms with Crippen LogP contribution in [0, 0.1) is 18.3 Å². The van der Waals surface area contributed by atoms with E-state index in [1.54, 1.807) is 6.26 Å². The average Bonchev–Trinajstić information content (AvgIpc) is 3.25. The second-order valence-corrected chi connectivity index (χ2v) is 8.21. The van der Waals surface area contributed by atoms with Gasteiger partial charge in [-0.3, -0.25) is 4.79 Å². The van der Waals surface area contributed by atoms with Gasteiger partial charge < -0.3 is 9.32 Å². The number of aromatic nitrogens is 1. The highest BCUT2D eigenvalue weighted by atomic mass is 32.2. The third kappa shape index (κ3) is 3.98. The molecule has 3 heterocycles. The van der Waals surface area contributed by atoms with Gasteiger partial charge in [-0.1, -0.05) is 41.6 Å². The number of ketones is 1. The Kier molecular flexibility index (Phi) is 5.52. The molecule has 1 aromatic carbocycles. The summed E-state index contributed by atoms with van der Waals surface area (Å²) in [5.74, 6) is 0.931. The van der Waals surface area contributed by atoms with Crippen molar-refractivity contribution in [2.45, 2.75) is 24.9 Å². The van der Waals surface area contributed by atoms with E-state index >= 15 is 0 Å². The molecule has 0 aliphatic carbocycles. The highest BCUT2D eigenvalue weighted by Gasteiger charge is 2.26. The number of hydrogen-bond acceptors (Lipinski definition) is 6. The molecule has 2 aromatic heterocycles. The molecule has 6 heteroatoms. The van der Waals surface area contributed by atoms with E-state index in [0.29, 0.717) is 21.9 Å². The van der Waals surface area contributed by atoms with Gasteiger partial charge in [0.05, 0.1) is 17.6 Å². The quantitative estimate of drug-likeness (QED) is 0.462. The van der Waals surface area contributed by atoms with Crippen molar-refractivity contribution in [1.29, 1.82) is 5.26 Å². The van der Waals surface area contributed by atoms with E-state index in [4.69, 9.17) is 9.40 Å². The lowest BCUT2D eigenvalue weighted by Crippen LogP contribution is -2.28. The van der Waals surface area contributed by atoms with Gasteiger partial charge in [-0.2, -0.15) is 5.26 Å². The zero-order valence-corrected chi connectivity index (χ0v) is 17.3. The fourth-order valence-electron chi connectivity index (χ4n) is 3.53. The van der Waals surface area contributed by atoms with Gasteiger partial charge in [-0.25, -0.2) is 4.98 Å². The minimum Gasteiger partial charge on any atom is -0.464 e. The molecule has 0 N–H and O–H groups in total. The number of nitriles is 1. The Hall–Kier alpha value is -2.88. The van der Waals surface area contributed by atoms with Crippen LogP contribution in [0.5, 0.6) is 0 Å². The summed E-state index contributed by atoms with van der Waals surface area (Å²) in [4.78, 5) is 19.6. The van der Waals surface area contributed by atoms with Crippen molar-refractivity contribution in [2.75, 3.05) is 19.3 Å². The summed E-state index contributed by atoms with van der Waals surface area (Å²) in [6, 6.07) is 13.6. The van der Waals surface area contributed by atoms with Crippen LogP contribution in [0.3, 0.4) is 0 Å². The van der Waals surface area contributed by atoms with Gasteiger partial charge in [0.1, 0.15) is 16.9 Å².